The Balaban J connectivity index is 2.02. The van der Waals surface area contributed by atoms with E-state index < -0.39 is 32.7 Å². The largest absolute Gasteiger partial charge is 0.497 e. The van der Waals surface area contributed by atoms with E-state index in [1.165, 1.54) is 18.4 Å². The number of aromatic nitrogens is 2. The molecule has 0 aliphatic carbocycles. The maximum absolute atomic E-state index is 12.6. The van der Waals surface area contributed by atoms with E-state index in [-0.39, 0.29) is 11.6 Å². The van der Waals surface area contributed by atoms with E-state index in [9.17, 15) is 18.0 Å². The summed E-state index contributed by atoms with van der Waals surface area (Å²) in [6, 6.07) is 6.46. The number of amides is 2. The minimum absolute atomic E-state index is 0.0312. The molecule has 1 heterocycles. The molecule has 0 bridgehead atoms. The SMILES string of the molecule is CCc1nnc(NC(=O)C(CC)S(=O)(=O)CC(=O)Nc2ccc(OC)cc2)s1. The Morgan fingerprint density at radius 1 is 1.14 bits per heavy atom. The van der Waals surface area contributed by atoms with E-state index in [2.05, 4.69) is 20.8 Å². The summed E-state index contributed by atoms with van der Waals surface area (Å²) in [5, 5.41) is 12.3. The predicted molar refractivity (Wildman–Crippen MR) is 107 cm³/mol. The Labute approximate surface area is 167 Å². The molecule has 0 saturated heterocycles. The second-order valence-corrected chi connectivity index (χ2v) is 9.07. The highest BCUT2D eigenvalue weighted by Gasteiger charge is 2.33. The van der Waals surface area contributed by atoms with Crippen molar-refractivity contribution in [3.8, 4) is 5.75 Å². The van der Waals surface area contributed by atoms with E-state index in [1.54, 1.807) is 31.2 Å². The van der Waals surface area contributed by atoms with Crippen LogP contribution in [0.2, 0.25) is 0 Å². The van der Waals surface area contributed by atoms with Gasteiger partial charge >= 0.3 is 0 Å². The van der Waals surface area contributed by atoms with Crippen LogP contribution in [-0.2, 0) is 25.8 Å². The Kier molecular flexibility index (Phi) is 7.46. The molecule has 1 aromatic carbocycles. The lowest BCUT2D eigenvalue weighted by Gasteiger charge is -2.14. The van der Waals surface area contributed by atoms with Crippen molar-refractivity contribution in [1.29, 1.82) is 0 Å². The van der Waals surface area contributed by atoms with Gasteiger partial charge in [-0.15, -0.1) is 10.2 Å². The highest BCUT2D eigenvalue weighted by Crippen LogP contribution is 2.18. The number of carbonyl (C=O) groups excluding carboxylic acids is 2. The van der Waals surface area contributed by atoms with Crippen LogP contribution in [0.3, 0.4) is 0 Å². The molecule has 2 rings (SSSR count). The van der Waals surface area contributed by atoms with Crippen LogP contribution >= 0.6 is 11.3 Å². The van der Waals surface area contributed by atoms with Crippen molar-refractivity contribution >= 4 is 43.8 Å². The lowest BCUT2D eigenvalue weighted by molar-refractivity contribution is -0.115. The Morgan fingerprint density at radius 2 is 1.82 bits per heavy atom. The molecule has 2 N–H and O–H groups in total. The number of sulfone groups is 1. The Morgan fingerprint density at radius 3 is 2.36 bits per heavy atom. The minimum Gasteiger partial charge on any atom is -0.497 e. The first kappa shape index (κ1) is 21.8. The van der Waals surface area contributed by atoms with Gasteiger partial charge in [-0.1, -0.05) is 25.2 Å². The van der Waals surface area contributed by atoms with Crippen molar-refractivity contribution < 1.29 is 22.7 Å². The third-order valence-electron chi connectivity index (χ3n) is 3.80. The number of nitrogens with zero attached hydrogens (tertiary/aromatic N) is 2. The van der Waals surface area contributed by atoms with E-state index in [1.807, 2.05) is 6.92 Å². The molecule has 0 aliphatic rings. The van der Waals surface area contributed by atoms with E-state index in [0.717, 1.165) is 5.01 Å². The van der Waals surface area contributed by atoms with Crippen molar-refractivity contribution in [3.05, 3.63) is 29.3 Å². The highest BCUT2D eigenvalue weighted by molar-refractivity contribution is 7.93. The molecule has 0 fully saturated rings. The maximum atomic E-state index is 12.6. The van der Waals surface area contributed by atoms with Gasteiger partial charge in [0.25, 0.3) is 0 Å². The van der Waals surface area contributed by atoms with Gasteiger partial charge in [-0.25, -0.2) is 8.42 Å². The molecular formula is C17H22N4O5S2. The van der Waals surface area contributed by atoms with Gasteiger partial charge in [-0.3, -0.25) is 14.9 Å². The topological polar surface area (TPSA) is 127 Å². The van der Waals surface area contributed by atoms with Gasteiger partial charge in [-0.2, -0.15) is 0 Å². The smallest absolute Gasteiger partial charge is 0.244 e. The number of carbonyl (C=O) groups is 2. The van der Waals surface area contributed by atoms with Crippen molar-refractivity contribution in [2.45, 2.75) is 31.9 Å². The van der Waals surface area contributed by atoms with Crippen LogP contribution in [0, 0.1) is 0 Å². The van der Waals surface area contributed by atoms with Gasteiger partial charge < -0.3 is 10.1 Å². The van der Waals surface area contributed by atoms with Crippen molar-refractivity contribution in [1.82, 2.24) is 10.2 Å². The zero-order chi connectivity index (χ0) is 20.7. The normalized spacial score (nSPS) is 12.2. The number of methoxy groups -OCH3 is 1. The summed E-state index contributed by atoms with van der Waals surface area (Å²) in [6.07, 6.45) is 0.692. The zero-order valence-electron chi connectivity index (χ0n) is 15.8. The molecule has 1 aromatic heterocycles. The summed E-state index contributed by atoms with van der Waals surface area (Å²) in [4.78, 5) is 24.6. The van der Waals surface area contributed by atoms with Gasteiger partial charge in [-0.05, 0) is 37.1 Å². The predicted octanol–water partition coefficient (Wildman–Crippen LogP) is 1.88. The number of nitrogens with one attached hydrogen (secondary N) is 2. The fraction of sp³-hybridized carbons (Fsp3) is 0.412. The molecule has 0 saturated carbocycles. The quantitative estimate of drug-likeness (QED) is 0.626. The number of rotatable bonds is 9. The monoisotopic (exact) mass is 426 g/mol. The number of hydrogen-bond acceptors (Lipinski definition) is 8. The van der Waals surface area contributed by atoms with Crippen LogP contribution in [0.1, 0.15) is 25.3 Å². The van der Waals surface area contributed by atoms with Gasteiger partial charge in [0, 0.05) is 5.69 Å². The van der Waals surface area contributed by atoms with Crippen molar-refractivity contribution in [3.63, 3.8) is 0 Å². The maximum Gasteiger partial charge on any atom is 0.244 e. The third-order valence-corrected chi connectivity index (χ3v) is 6.86. The Bertz CT molecular complexity index is 925. The Hall–Kier alpha value is -2.53. The van der Waals surface area contributed by atoms with Crippen molar-refractivity contribution in [2.24, 2.45) is 0 Å². The number of aryl methyl sites for hydroxylation is 1. The van der Waals surface area contributed by atoms with Crippen LogP contribution in [-0.4, -0.2) is 48.5 Å². The summed E-state index contributed by atoms with van der Waals surface area (Å²) in [6.45, 7) is 3.47. The second-order valence-electron chi connectivity index (χ2n) is 5.82. The fourth-order valence-corrected chi connectivity index (χ4v) is 4.60. The minimum atomic E-state index is -4.02. The molecule has 152 valence electrons. The van der Waals surface area contributed by atoms with Gasteiger partial charge in [0.05, 0.1) is 7.11 Å². The van der Waals surface area contributed by atoms with Crippen LogP contribution in [0.5, 0.6) is 5.75 Å². The summed E-state index contributed by atoms with van der Waals surface area (Å²) in [5.41, 5.74) is 0.430. The molecular weight excluding hydrogens is 404 g/mol. The van der Waals surface area contributed by atoms with Crippen molar-refractivity contribution in [2.75, 3.05) is 23.5 Å². The molecule has 2 aromatic rings. The van der Waals surface area contributed by atoms with E-state index in [0.29, 0.717) is 17.9 Å². The van der Waals surface area contributed by atoms with Crippen LogP contribution in [0.4, 0.5) is 10.8 Å². The zero-order valence-corrected chi connectivity index (χ0v) is 17.4. The van der Waals surface area contributed by atoms with Crippen LogP contribution in [0.15, 0.2) is 24.3 Å². The molecule has 9 nitrogen and oxygen atoms in total. The first-order valence-electron chi connectivity index (χ1n) is 8.57. The molecule has 0 radical (unpaired) electrons. The molecule has 0 spiro atoms. The molecule has 28 heavy (non-hydrogen) atoms. The average molecular weight is 427 g/mol. The lowest BCUT2D eigenvalue weighted by atomic mass is 10.3. The molecule has 2 amide bonds. The van der Waals surface area contributed by atoms with Crippen LogP contribution in [0.25, 0.3) is 0 Å². The number of ether oxygens (including phenoxy) is 1. The molecule has 1 unspecified atom stereocenters. The molecule has 1 atom stereocenters. The van der Waals surface area contributed by atoms with Gasteiger partial charge in [0.15, 0.2) is 9.84 Å². The standard InChI is InChI=1S/C17H22N4O5S2/c1-4-13(16(23)19-17-21-20-15(5-2)27-17)28(24,25)10-14(22)18-11-6-8-12(26-3)9-7-11/h6-9,13H,4-5,10H2,1-3H3,(H,18,22)(H,19,21,23). The second kappa shape index (κ2) is 9.60. The van der Waals surface area contributed by atoms with E-state index >= 15 is 0 Å². The molecule has 0 aliphatic heterocycles. The number of hydrogen-bond donors (Lipinski definition) is 2. The van der Waals surface area contributed by atoms with Gasteiger partial charge in [0.2, 0.25) is 16.9 Å². The molecule has 11 heteroatoms. The third kappa shape index (κ3) is 5.73. The summed E-state index contributed by atoms with van der Waals surface area (Å²) < 4.78 is 30.2. The van der Waals surface area contributed by atoms with Crippen LogP contribution < -0.4 is 15.4 Å². The summed E-state index contributed by atoms with van der Waals surface area (Å²) in [7, 11) is -2.50. The number of anilines is 2. The lowest BCUT2D eigenvalue weighted by Crippen LogP contribution is -2.39. The highest BCUT2D eigenvalue weighted by atomic mass is 32.2. The van der Waals surface area contributed by atoms with E-state index in [4.69, 9.17) is 4.74 Å². The first-order chi connectivity index (χ1) is 13.3. The number of benzene rings is 1. The summed E-state index contributed by atoms with van der Waals surface area (Å²) in [5.74, 6) is -1.64. The fourth-order valence-electron chi connectivity index (χ4n) is 2.39. The van der Waals surface area contributed by atoms with Gasteiger partial charge in [0.1, 0.15) is 21.8 Å². The first-order valence-corrected chi connectivity index (χ1v) is 11.1. The summed E-state index contributed by atoms with van der Waals surface area (Å²) >= 11 is 1.18. The average Bonchev–Trinajstić information content (AvgIpc) is 3.09.